The standard InChI is InChI=1S/C20H22N2O2/c1-13-9-14(2)11-16(10-13)20(7-4-8-20)19(24)22-17-6-3-5-15(12-17)18(21)23/h3,5-6,9-12H,4,7-8H2,1-2H3,(H2,21,23)(H,22,24). The van der Waals surface area contributed by atoms with Gasteiger partial charge in [0.1, 0.15) is 0 Å². The third kappa shape index (κ3) is 2.92. The van der Waals surface area contributed by atoms with Crippen molar-refractivity contribution in [2.24, 2.45) is 5.73 Å². The van der Waals surface area contributed by atoms with Gasteiger partial charge in [-0.25, -0.2) is 0 Å². The van der Waals surface area contributed by atoms with Gasteiger partial charge in [0, 0.05) is 11.3 Å². The largest absolute Gasteiger partial charge is 0.366 e. The van der Waals surface area contributed by atoms with Gasteiger partial charge in [-0.15, -0.1) is 0 Å². The maximum absolute atomic E-state index is 13.0. The van der Waals surface area contributed by atoms with Crippen LogP contribution in [0.25, 0.3) is 0 Å². The summed E-state index contributed by atoms with van der Waals surface area (Å²) in [5.41, 5.74) is 9.24. The fourth-order valence-corrected chi connectivity index (χ4v) is 3.43. The summed E-state index contributed by atoms with van der Waals surface area (Å²) in [6, 6.07) is 13.1. The maximum Gasteiger partial charge on any atom is 0.248 e. The zero-order valence-electron chi connectivity index (χ0n) is 14.1. The van der Waals surface area contributed by atoms with E-state index in [1.54, 1.807) is 24.3 Å². The van der Waals surface area contributed by atoms with Crippen molar-refractivity contribution in [3.63, 3.8) is 0 Å². The molecule has 0 aliphatic heterocycles. The van der Waals surface area contributed by atoms with Crippen molar-refractivity contribution < 1.29 is 9.59 Å². The minimum Gasteiger partial charge on any atom is -0.366 e. The Labute approximate surface area is 142 Å². The second-order valence-corrected chi connectivity index (χ2v) is 6.71. The minimum absolute atomic E-state index is 0.0135. The van der Waals surface area contributed by atoms with Crippen LogP contribution in [0.15, 0.2) is 42.5 Å². The molecule has 1 aliphatic carbocycles. The first-order chi connectivity index (χ1) is 11.4. The SMILES string of the molecule is Cc1cc(C)cc(C2(C(=O)Nc3cccc(C(N)=O)c3)CCC2)c1. The number of carbonyl (C=O) groups excluding carboxylic acids is 2. The minimum atomic E-state index is -0.501. The lowest BCUT2D eigenvalue weighted by Crippen LogP contribution is -2.46. The molecule has 2 aromatic carbocycles. The summed E-state index contributed by atoms with van der Waals surface area (Å²) in [4.78, 5) is 24.3. The van der Waals surface area contributed by atoms with E-state index in [2.05, 4.69) is 37.4 Å². The lowest BCUT2D eigenvalue weighted by atomic mass is 9.63. The number of hydrogen-bond acceptors (Lipinski definition) is 2. The van der Waals surface area contributed by atoms with Gasteiger partial charge in [0.05, 0.1) is 5.41 Å². The summed E-state index contributed by atoms with van der Waals surface area (Å²) in [5, 5.41) is 2.97. The average molecular weight is 322 g/mol. The number of amides is 2. The van der Waals surface area contributed by atoms with Crippen molar-refractivity contribution in [3.8, 4) is 0 Å². The van der Waals surface area contributed by atoms with Crippen LogP contribution >= 0.6 is 0 Å². The van der Waals surface area contributed by atoms with Crippen molar-refractivity contribution in [2.75, 3.05) is 5.32 Å². The van der Waals surface area contributed by atoms with Gasteiger partial charge in [0.2, 0.25) is 11.8 Å². The van der Waals surface area contributed by atoms with Crippen molar-refractivity contribution >= 4 is 17.5 Å². The highest BCUT2D eigenvalue weighted by Gasteiger charge is 2.45. The van der Waals surface area contributed by atoms with Crippen LogP contribution in [0, 0.1) is 13.8 Å². The Morgan fingerprint density at radius 3 is 2.25 bits per heavy atom. The molecule has 3 N–H and O–H groups in total. The Bertz CT molecular complexity index is 787. The van der Waals surface area contributed by atoms with Crippen LogP contribution in [0.2, 0.25) is 0 Å². The van der Waals surface area contributed by atoms with E-state index in [1.807, 2.05) is 0 Å². The molecule has 1 aliphatic rings. The van der Waals surface area contributed by atoms with Crippen LogP contribution in [0.4, 0.5) is 5.69 Å². The molecule has 0 atom stereocenters. The van der Waals surface area contributed by atoms with Crippen LogP contribution < -0.4 is 11.1 Å². The van der Waals surface area contributed by atoms with Gasteiger partial charge in [-0.05, 0) is 50.5 Å². The molecule has 24 heavy (non-hydrogen) atoms. The topological polar surface area (TPSA) is 72.2 Å². The molecule has 1 fully saturated rings. The predicted octanol–water partition coefficient (Wildman–Crippen LogP) is 3.46. The molecule has 124 valence electrons. The van der Waals surface area contributed by atoms with Gasteiger partial charge >= 0.3 is 0 Å². The molecule has 0 bridgehead atoms. The Hall–Kier alpha value is -2.62. The fourth-order valence-electron chi connectivity index (χ4n) is 3.43. The molecule has 0 unspecified atom stereocenters. The lowest BCUT2D eigenvalue weighted by molar-refractivity contribution is -0.124. The highest BCUT2D eigenvalue weighted by Crippen LogP contribution is 2.45. The number of carbonyl (C=O) groups is 2. The molecule has 2 amide bonds. The van der Waals surface area contributed by atoms with Crippen LogP contribution in [0.5, 0.6) is 0 Å². The number of hydrogen-bond donors (Lipinski definition) is 2. The molecule has 0 heterocycles. The summed E-state index contributed by atoms with van der Waals surface area (Å²) in [7, 11) is 0. The van der Waals surface area contributed by atoms with Crippen LogP contribution in [-0.4, -0.2) is 11.8 Å². The van der Waals surface area contributed by atoms with Gasteiger partial charge in [0.25, 0.3) is 0 Å². The summed E-state index contributed by atoms with van der Waals surface area (Å²) in [6.45, 7) is 4.11. The molecule has 0 spiro atoms. The zero-order valence-corrected chi connectivity index (χ0v) is 14.1. The van der Waals surface area contributed by atoms with Gasteiger partial charge in [-0.1, -0.05) is 41.8 Å². The van der Waals surface area contributed by atoms with Crippen LogP contribution in [0.3, 0.4) is 0 Å². The molecule has 3 rings (SSSR count). The Morgan fingerprint density at radius 1 is 1.04 bits per heavy atom. The molecule has 1 saturated carbocycles. The first-order valence-electron chi connectivity index (χ1n) is 8.21. The zero-order chi connectivity index (χ0) is 17.3. The van der Waals surface area contributed by atoms with Crippen molar-refractivity contribution in [3.05, 3.63) is 64.7 Å². The highest BCUT2D eigenvalue weighted by molar-refractivity contribution is 6.01. The van der Waals surface area contributed by atoms with E-state index in [-0.39, 0.29) is 5.91 Å². The molecule has 0 radical (unpaired) electrons. The van der Waals surface area contributed by atoms with Gasteiger partial charge in [0.15, 0.2) is 0 Å². The van der Waals surface area contributed by atoms with E-state index in [0.29, 0.717) is 11.3 Å². The number of aryl methyl sites for hydroxylation is 2. The number of benzene rings is 2. The molecule has 4 heteroatoms. The first kappa shape index (κ1) is 16.2. The number of rotatable bonds is 4. The molecule has 2 aromatic rings. The third-order valence-electron chi connectivity index (χ3n) is 4.82. The smallest absolute Gasteiger partial charge is 0.248 e. The average Bonchev–Trinajstić information content (AvgIpc) is 2.45. The Balaban J connectivity index is 1.89. The summed E-state index contributed by atoms with van der Waals surface area (Å²) in [6.07, 6.45) is 2.73. The molecular weight excluding hydrogens is 300 g/mol. The van der Waals surface area contributed by atoms with Crippen molar-refractivity contribution in [1.82, 2.24) is 0 Å². The first-order valence-corrected chi connectivity index (χ1v) is 8.21. The second-order valence-electron chi connectivity index (χ2n) is 6.71. The highest BCUT2D eigenvalue weighted by atomic mass is 16.2. The summed E-state index contributed by atoms with van der Waals surface area (Å²) in [5.74, 6) is -0.515. The number of anilines is 1. The van der Waals surface area contributed by atoms with Crippen molar-refractivity contribution in [1.29, 1.82) is 0 Å². The van der Waals surface area contributed by atoms with Crippen LogP contribution in [0.1, 0.15) is 46.3 Å². The van der Waals surface area contributed by atoms with E-state index >= 15 is 0 Å². The third-order valence-corrected chi connectivity index (χ3v) is 4.82. The second kappa shape index (κ2) is 6.11. The lowest BCUT2D eigenvalue weighted by Gasteiger charge is -2.41. The van der Waals surface area contributed by atoms with E-state index in [4.69, 9.17) is 5.73 Å². The number of primary amides is 1. The molecule has 0 saturated heterocycles. The normalized spacial score (nSPS) is 15.4. The molecule has 0 aromatic heterocycles. The summed E-state index contributed by atoms with van der Waals surface area (Å²) >= 11 is 0. The van der Waals surface area contributed by atoms with Crippen LogP contribution in [-0.2, 0) is 10.2 Å². The van der Waals surface area contributed by atoms with Gasteiger partial charge in [-0.3, -0.25) is 9.59 Å². The van der Waals surface area contributed by atoms with E-state index < -0.39 is 11.3 Å². The number of nitrogens with two attached hydrogens (primary N) is 1. The monoisotopic (exact) mass is 322 g/mol. The number of nitrogens with one attached hydrogen (secondary N) is 1. The predicted molar refractivity (Wildman–Crippen MR) is 95.0 cm³/mol. The maximum atomic E-state index is 13.0. The van der Waals surface area contributed by atoms with Gasteiger partial charge < -0.3 is 11.1 Å². The summed E-state index contributed by atoms with van der Waals surface area (Å²) < 4.78 is 0. The quantitative estimate of drug-likeness (QED) is 0.905. The molecular formula is C20H22N2O2. The van der Waals surface area contributed by atoms with E-state index in [0.717, 1.165) is 24.8 Å². The van der Waals surface area contributed by atoms with Gasteiger partial charge in [-0.2, -0.15) is 0 Å². The Kier molecular flexibility index (Phi) is 4.14. The fraction of sp³-hybridized carbons (Fsp3) is 0.300. The van der Waals surface area contributed by atoms with E-state index in [9.17, 15) is 9.59 Å². The molecule has 4 nitrogen and oxygen atoms in total. The Morgan fingerprint density at radius 2 is 1.71 bits per heavy atom. The van der Waals surface area contributed by atoms with E-state index in [1.165, 1.54) is 11.1 Å². The van der Waals surface area contributed by atoms with Crippen molar-refractivity contribution in [2.45, 2.75) is 38.5 Å².